The van der Waals surface area contributed by atoms with E-state index < -0.39 is 0 Å². The molecule has 0 aliphatic carbocycles. The number of primary amides is 1. The Morgan fingerprint density at radius 3 is 3.15 bits per heavy atom. The van der Waals surface area contributed by atoms with E-state index in [9.17, 15) is 4.79 Å². The normalized spacial score (nSPS) is 19.4. The van der Waals surface area contributed by atoms with Crippen molar-refractivity contribution >= 4 is 17.2 Å². The van der Waals surface area contributed by atoms with Gasteiger partial charge in [0.25, 0.3) is 0 Å². The number of carbonyl (C=O) groups excluding carboxylic acids is 1. The molecule has 5 heteroatoms. The largest absolute Gasteiger partial charge is 0.395 e. The van der Waals surface area contributed by atoms with Crippen molar-refractivity contribution in [1.82, 2.24) is 4.90 Å². The van der Waals surface area contributed by atoms with Gasteiger partial charge in [0.2, 0.25) is 5.91 Å². The Balaban J connectivity index is 2.07. The van der Waals surface area contributed by atoms with Gasteiger partial charge in [-0.1, -0.05) is 18.3 Å². The van der Waals surface area contributed by atoms with Crippen LogP contribution >= 0.6 is 11.3 Å². The molecule has 0 aromatic carbocycles. The molecule has 1 saturated heterocycles. The molecule has 1 unspecified atom stereocenters. The fourth-order valence-electron chi connectivity index (χ4n) is 2.47. The molecule has 1 aromatic rings. The second-order valence-electron chi connectivity index (χ2n) is 4.92. The van der Waals surface area contributed by atoms with Crippen LogP contribution in [0, 0.1) is 11.8 Å². The van der Waals surface area contributed by atoms with Gasteiger partial charge >= 0.3 is 0 Å². The van der Waals surface area contributed by atoms with E-state index in [1.165, 1.54) is 4.88 Å². The molecule has 108 valence electrons. The fraction of sp³-hybridized carbons (Fsp3) is 0.533. The molecule has 0 saturated carbocycles. The van der Waals surface area contributed by atoms with Gasteiger partial charge in [-0.3, -0.25) is 9.69 Å². The number of hydrogen-bond acceptors (Lipinski definition) is 4. The third-order valence-corrected chi connectivity index (χ3v) is 4.40. The van der Waals surface area contributed by atoms with E-state index in [0.717, 1.165) is 37.9 Å². The fourth-order valence-corrected chi connectivity index (χ4v) is 3.33. The van der Waals surface area contributed by atoms with E-state index >= 15 is 0 Å². The van der Waals surface area contributed by atoms with E-state index in [0.29, 0.717) is 6.42 Å². The molecule has 1 aromatic heterocycles. The van der Waals surface area contributed by atoms with Crippen molar-refractivity contribution in [1.29, 1.82) is 0 Å². The van der Waals surface area contributed by atoms with Gasteiger partial charge in [-0.05, 0) is 30.8 Å². The Labute approximate surface area is 123 Å². The summed E-state index contributed by atoms with van der Waals surface area (Å²) in [7, 11) is 0. The van der Waals surface area contributed by atoms with Crippen LogP contribution in [0.1, 0.15) is 36.1 Å². The summed E-state index contributed by atoms with van der Waals surface area (Å²) in [6, 6.07) is 1.84. The van der Waals surface area contributed by atoms with Crippen molar-refractivity contribution in [3.05, 3.63) is 21.9 Å². The summed E-state index contributed by atoms with van der Waals surface area (Å²) < 4.78 is 0. The standard InChI is InChI=1S/C15H20N2O2S/c16-15(19)13-6-1-3-8-17(13)11-14-12(7-10-20-14)5-2-4-9-18/h7,10,13,18H,1,3-4,6,8-9,11H2,(H2,16,19). The summed E-state index contributed by atoms with van der Waals surface area (Å²) in [6.45, 7) is 1.73. The number of nitrogens with zero attached hydrogens (tertiary/aromatic N) is 1. The number of nitrogens with two attached hydrogens (primary N) is 1. The summed E-state index contributed by atoms with van der Waals surface area (Å²) in [6.07, 6.45) is 3.52. The van der Waals surface area contributed by atoms with Gasteiger partial charge in [0.05, 0.1) is 12.6 Å². The van der Waals surface area contributed by atoms with E-state index in [1.54, 1.807) is 11.3 Å². The molecule has 4 nitrogen and oxygen atoms in total. The molecule has 3 N–H and O–H groups in total. The highest BCUT2D eigenvalue weighted by Gasteiger charge is 2.27. The van der Waals surface area contributed by atoms with Crippen LogP contribution in [-0.2, 0) is 11.3 Å². The first-order valence-electron chi connectivity index (χ1n) is 6.92. The van der Waals surface area contributed by atoms with Crippen LogP contribution in [0.25, 0.3) is 0 Å². The minimum absolute atomic E-state index is 0.0857. The number of aliphatic hydroxyl groups excluding tert-OH is 1. The van der Waals surface area contributed by atoms with Crippen LogP contribution in [0.2, 0.25) is 0 Å². The van der Waals surface area contributed by atoms with Crippen molar-refractivity contribution in [2.45, 2.75) is 38.3 Å². The maximum Gasteiger partial charge on any atom is 0.234 e. The zero-order valence-electron chi connectivity index (χ0n) is 11.5. The maximum atomic E-state index is 11.5. The smallest absolute Gasteiger partial charge is 0.234 e. The summed E-state index contributed by atoms with van der Waals surface area (Å²) >= 11 is 1.66. The summed E-state index contributed by atoms with van der Waals surface area (Å²) in [5.74, 6) is 5.80. The molecule has 1 aliphatic heterocycles. The molecule has 0 spiro atoms. The summed E-state index contributed by atoms with van der Waals surface area (Å²) in [4.78, 5) is 14.8. The minimum atomic E-state index is -0.228. The third kappa shape index (κ3) is 3.83. The Bertz CT molecular complexity index is 515. The predicted octanol–water partition coefficient (Wildman–Crippen LogP) is 1.32. The Morgan fingerprint density at radius 2 is 2.40 bits per heavy atom. The number of rotatable bonds is 4. The SMILES string of the molecule is NC(=O)C1CCCCN1Cc1sccc1C#CCCO. The molecular formula is C15H20N2O2S. The van der Waals surface area contributed by atoms with Crippen molar-refractivity contribution in [2.24, 2.45) is 5.73 Å². The summed E-state index contributed by atoms with van der Waals surface area (Å²) in [5.41, 5.74) is 6.49. The first kappa shape index (κ1) is 15.0. The van der Waals surface area contributed by atoms with Crippen LogP contribution in [0.3, 0.4) is 0 Å². The highest BCUT2D eigenvalue weighted by atomic mass is 32.1. The van der Waals surface area contributed by atoms with Crippen molar-refractivity contribution in [2.75, 3.05) is 13.2 Å². The van der Waals surface area contributed by atoms with Crippen LogP contribution in [0.15, 0.2) is 11.4 Å². The zero-order chi connectivity index (χ0) is 14.4. The van der Waals surface area contributed by atoms with E-state index in [2.05, 4.69) is 16.7 Å². The first-order chi connectivity index (χ1) is 9.72. The topological polar surface area (TPSA) is 66.6 Å². The third-order valence-electron chi connectivity index (χ3n) is 3.49. The average Bonchev–Trinajstić information content (AvgIpc) is 2.87. The molecule has 1 atom stereocenters. The molecule has 0 radical (unpaired) electrons. The number of amides is 1. The van der Waals surface area contributed by atoms with Gasteiger partial charge in [-0.2, -0.15) is 0 Å². The molecule has 2 heterocycles. The first-order valence-corrected chi connectivity index (χ1v) is 7.80. The minimum Gasteiger partial charge on any atom is -0.395 e. The van der Waals surface area contributed by atoms with Crippen LogP contribution in [-0.4, -0.2) is 35.1 Å². The maximum absolute atomic E-state index is 11.5. The number of thiophene rings is 1. The van der Waals surface area contributed by atoms with Crippen LogP contribution in [0.5, 0.6) is 0 Å². The van der Waals surface area contributed by atoms with Crippen LogP contribution in [0.4, 0.5) is 0 Å². The highest BCUT2D eigenvalue weighted by Crippen LogP contribution is 2.23. The van der Waals surface area contributed by atoms with E-state index in [-0.39, 0.29) is 18.6 Å². The lowest BCUT2D eigenvalue weighted by Gasteiger charge is -2.33. The van der Waals surface area contributed by atoms with Crippen LogP contribution < -0.4 is 5.73 Å². The molecule has 1 fully saturated rings. The Hall–Kier alpha value is -1.35. The molecule has 1 amide bonds. The quantitative estimate of drug-likeness (QED) is 0.823. The van der Waals surface area contributed by atoms with Gasteiger partial charge in [0.15, 0.2) is 0 Å². The van der Waals surface area contributed by atoms with Gasteiger partial charge in [0, 0.05) is 23.4 Å². The lowest BCUT2D eigenvalue weighted by molar-refractivity contribution is -0.124. The monoisotopic (exact) mass is 292 g/mol. The predicted molar refractivity (Wildman–Crippen MR) is 80.1 cm³/mol. The Morgan fingerprint density at radius 1 is 1.55 bits per heavy atom. The molecule has 2 rings (SSSR count). The summed E-state index contributed by atoms with van der Waals surface area (Å²) in [5, 5.41) is 10.8. The van der Waals surface area contributed by atoms with Crippen molar-refractivity contribution in [3.63, 3.8) is 0 Å². The molecule has 1 aliphatic rings. The second kappa shape index (κ2) is 7.44. The van der Waals surface area contributed by atoms with Crippen molar-refractivity contribution in [3.8, 4) is 11.8 Å². The number of piperidine rings is 1. The number of hydrogen-bond donors (Lipinski definition) is 2. The van der Waals surface area contributed by atoms with Crippen molar-refractivity contribution < 1.29 is 9.90 Å². The van der Waals surface area contributed by atoms with E-state index in [4.69, 9.17) is 10.8 Å². The second-order valence-corrected chi connectivity index (χ2v) is 5.92. The van der Waals surface area contributed by atoms with E-state index in [1.807, 2.05) is 11.4 Å². The molecule has 0 bridgehead atoms. The Kier molecular flexibility index (Phi) is 5.60. The number of likely N-dealkylation sites (tertiary alicyclic amines) is 1. The molecule has 20 heavy (non-hydrogen) atoms. The average molecular weight is 292 g/mol. The van der Waals surface area contributed by atoms with Gasteiger partial charge in [-0.15, -0.1) is 11.3 Å². The van der Waals surface area contributed by atoms with Gasteiger partial charge in [0.1, 0.15) is 0 Å². The number of carbonyl (C=O) groups is 1. The number of aliphatic hydroxyl groups is 1. The highest BCUT2D eigenvalue weighted by molar-refractivity contribution is 7.10. The lowest BCUT2D eigenvalue weighted by Crippen LogP contribution is -2.47. The zero-order valence-corrected chi connectivity index (χ0v) is 12.3. The molecular weight excluding hydrogens is 272 g/mol. The van der Waals surface area contributed by atoms with Gasteiger partial charge in [-0.25, -0.2) is 0 Å². The lowest BCUT2D eigenvalue weighted by atomic mass is 10.0. The van der Waals surface area contributed by atoms with Gasteiger partial charge < -0.3 is 10.8 Å².